The highest BCUT2D eigenvalue weighted by Gasteiger charge is 2.19. The third kappa shape index (κ3) is 1.39. The normalized spacial score (nSPS) is 10.9. The predicted octanol–water partition coefficient (Wildman–Crippen LogP) is 3.19. The molecule has 0 radical (unpaired) electrons. The molecular weight excluding hydrogens is 222 g/mol. The monoisotopic (exact) mass is 228 g/mol. The second-order valence-corrected chi connectivity index (χ2v) is 4.12. The zero-order chi connectivity index (χ0) is 11.2. The van der Waals surface area contributed by atoms with Gasteiger partial charge in [-0.25, -0.2) is 13.6 Å². The molecule has 0 amide bonds. The van der Waals surface area contributed by atoms with Gasteiger partial charge >= 0.3 is 5.97 Å². The highest BCUT2D eigenvalue weighted by molar-refractivity contribution is 7.21. The number of rotatable bonds is 1. The molecule has 15 heavy (non-hydrogen) atoms. The lowest BCUT2D eigenvalue weighted by Gasteiger charge is -1.95. The average Bonchev–Trinajstić information content (AvgIpc) is 2.51. The first-order valence-corrected chi connectivity index (χ1v) is 4.94. The molecule has 0 fully saturated rings. The van der Waals surface area contributed by atoms with E-state index < -0.39 is 17.6 Å². The van der Waals surface area contributed by atoms with E-state index in [1.165, 1.54) is 6.92 Å². The first kappa shape index (κ1) is 10.0. The van der Waals surface area contributed by atoms with Gasteiger partial charge in [-0.15, -0.1) is 11.3 Å². The van der Waals surface area contributed by atoms with Crippen LogP contribution in [0.25, 0.3) is 10.1 Å². The van der Waals surface area contributed by atoms with Gasteiger partial charge in [-0.3, -0.25) is 0 Å². The second kappa shape index (κ2) is 3.27. The summed E-state index contributed by atoms with van der Waals surface area (Å²) in [4.78, 5) is 10.8. The topological polar surface area (TPSA) is 37.3 Å². The van der Waals surface area contributed by atoms with Gasteiger partial charge in [-0.2, -0.15) is 0 Å². The van der Waals surface area contributed by atoms with Gasteiger partial charge in [-0.05, 0) is 24.6 Å². The lowest BCUT2D eigenvalue weighted by atomic mass is 10.1. The van der Waals surface area contributed by atoms with E-state index in [9.17, 15) is 13.6 Å². The predicted molar refractivity (Wildman–Crippen MR) is 53.4 cm³/mol. The molecule has 2 aromatic rings. The summed E-state index contributed by atoms with van der Waals surface area (Å²) >= 11 is 0.758. The maximum atomic E-state index is 13.4. The number of carbonyl (C=O) groups is 1. The molecule has 0 bridgehead atoms. The zero-order valence-electron chi connectivity index (χ0n) is 7.67. The van der Waals surface area contributed by atoms with Crippen LogP contribution in [0.4, 0.5) is 8.78 Å². The van der Waals surface area contributed by atoms with E-state index in [0.717, 1.165) is 23.5 Å². The molecule has 2 nitrogen and oxygen atoms in total. The molecule has 0 saturated carbocycles. The molecule has 1 aromatic heterocycles. The fourth-order valence-electron chi connectivity index (χ4n) is 1.48. The van der Waals surface area contributed by atoms with Crippen molar-refractivity contribution in [2.75, 3.05) is 0 Å². The number of halogens is 2. The number of aromatic carboxylic acids is 1. The van der Waals surface area contributed by atoms with Crippen LogP contribution < -0.4 is 0 Å². The molecule has 0 atom stereocenters. The van der Waals surface area contributed by atoms with Crippen molar-refractivity contribution in [2.24, 2.45) is 0 Å². The quantitative estimate of drug-likeness (QED) is 0.813. The number of carboxylic acid groups (broad SMARTS) is 1. The molecule has 1 heterocycles. The van der Waals surface area contributed by atoms with Crippen molar-refractivity contribution in [1.82, 2.24) is 0 Å². The van der Waals surface area contributed by atoms with Crippen molar-refractivity contribution in [3.05, 3.63) is 34.2 Å². The number of hydrogen-bond acceptors (Lipinski definition) is 2. The zero-order valence-corrected chi connectivity index (χ0v) is 8.49. The van der Waals surface area contributed by atoms with Gasteiger partial charge in [-0.1, -0.05) is 0 Å². The summed E-state index contributed by atoms with van der Waals surface area (Å²) in [7, 11) is 0. The third-order valence-electron chi connectivity index (χ3n) is 2.17. The van der Waals surface area contributed by atoms with Gasteiger partial charge < -0.3 is 5.11 Å². The van der Waals surface area contributed by atoms with Crippen LogP contribution >= 0.6 is 11.3 Å². The van der Waals surface area contributed by atoms with Gasteiger partial charge in [0.05, 0.1) is 4.70 Å². The van der Waals surface area contributed by atoms with Crippen molar-refractivity contribution in [3.8, 4) is 0 Å². The van der Waals surface area contributed by atoms with Crippen LogP contribution in [0.2, 0.25) is 0 Å². The Balaban J connectivity index is 2.93. The van der Waals surface area contributed by atoms with Crippen molar-refractivity contribution in [2.45, 2.75) is 6.92 Å². The lowest BCUT2D eigenvalue weighted by Crippen LogP contribution is -1.94. The van der Waals surface area contributed by atoms with Gasteiger partial charge in [0, 0.05) is 5.39 Å². The second-order valence-electron chi connectivity index (χ2n) is 3.09. The number of hydrogen-bond donors (Lipinski definition) is 1. The van der Waals surface area contributed by atoms with Crippen LogP contribution in [-0.4, -0.2) is 11.1 Å². The number of carboxylic acids is 1. The molecule has 0 spiro atoms. The standard InChI is InChI=1S/C10H6F2O2S/c1-4-7-5(11)2-3-6(12)9(7)15-8(4)10(13)14/h2-3H,1H3,(H,13,14). The summed E-state index contributed by atoms with van der Waals surface area (Å²) in [5.41, 5.74) is 0.277. The lowest BCUT2D eigenvalue weighted by molar-refractivity contribution is 0.0701. The molecular formula is C10H6F2O2S. The van der Waals surface area contributed by atoms with E-state index in [-0.39, 0.29) is 20.5 Å². The summed E-state index contributed by atoms with van der Waals surface area (Å²) in [5, 5.41) is 8.88. The Morgan fingerprint density at radius 1 is 1.33 bits per heavy atom. The fraction of sp³-hybridized carbons (Fsp3) is 0.100. The summed E-state index contributed by atoms with van der Waals surface area (Å²) in [6.07, 6.45) is 0. The maximum Gasteiger partial charge on any atom is 0.346 e. The molecule has 0 aliphatic heterocycles. The Morgan fingerprint density at radius 2 is 1.93 bits per heavy atom. The van der Waals surface area contributed by atoms with Crippen molar-refractivity contribution < 1.29 is 18.7 Å². The van der Waals surface area contributed by atoms with Gasteiger partial charge in [0.25, 0.3) is 0 Å². The molecule has 0 unspecified atom stereocenters. The van der Waals surface area contributed by atoms with E-state index in [0.29, 0.717) is 0 Å². The van der Waals surface area contributed by atoms with E-state index >= 15 is 0 Å². The summed E-state index contributed by atoms with van der Waals surface area (Å²) in [6.45, 7) is 1.48. The molecule has 78 valence electrons. The summed E-state index contributed by atoms with van der Waals surface area (Å²) < 4.78 is 26.7. The molecule has 1 N–H and O–H groups in total. The van der Waals surface area contributed by atoms with Crippen LogP contribution in [0.5, 0.6) is 0 Å². The Morgan fingerprint density at radius 3 is 2.47 bits per heavy atom. The Kier molecular flexibility index (Phi) is 2.19. The van der Waals surface area contributed by atoms with E-state index in [1.54, 1.807) is 0 Å². The fourth-order valence-corrected chi connectivity index (χ4v) is 2.54. The summed E-state index contributed by atoms with van der Waals surface area (Å²) in [5.74, 6) is -2.34. The van der Waals surface area contributed by atoms with Crippen LogP contribution in [-0.2, 0) is 0 Å². The Hall–Kier alpha value is -1.49. The van der Waals surface area contributed by atoms with Crippen LogP contribution in [0.1, 0.15) is 15.2 Å². The van der Waals surface area contributed by atoms with Crippen LogP contribution in [0.3, 0.4) is 0 Å². The van der Waals surface area contributed by atoms with Crippen LogP contribution in [0.15, 0.2) is 12.1 Å². The number of aryl methyl sites for hydroxylation is 1. The smallest absolute Gasteiger partial charge is 0.346 e. The molecule has 5 heteroatoms. The maximum absolute atomic E-state index is 13.4. The average molecular weight is 228 g/mol. The van der Waals surface area contributed by atoms with Crippen molar-refractivity contribution in [3.63, 3.8) is 0 Å². The largest absolute Gasteiger partial charge is 0.477 e. The minimum atomic E-state index is -1.16. The molecule has 0 aliphatic rings. The minimum Gasteiger partial charge on any atom is -0.477 e. The molecule has 1 aromatic carbocycles. The molecule has 2 rings (SSSR count). The third-order valence-corrected chi connectivity index (χ3v) is 3.46. The van der Waals surface area contributed by atoms with E-state index in [4.69, 9.17) is 5.11 Å². The first-order chi connectivity index (χ1) is 7.02. The highest BCUT2D eigenvalue weighted by atomic mass is 32.1. The first-order valence-electron chi connectivity index (χ1n) is 4.12. The van der Waals surface area contributed by atoms with Gasteiger partial charge in [0.2, 0.25) is 0 Å². The number of thiophene rings is 1. The highest BCUT2D eigenvalue weighted by Crippen LogP contribution is 2.34. The number of benzene rings is 1. The number of fused-ring (bicyclic) bond motifs is 1. The van der Waals surface area contributed by atoms with Gasteiger partial charge in [0.1, 0.15) is 16.5 Å². The van der Waals surface area contributed by atoms with E-state index in [2.05, 4.69) is 0 Å². The molecule has 0 saturated heterocycles. The molecule has 0 aliphatic carbocycles. The van der Waals surface area contributed by atoms with E-state index in [1.807, 2.05) is 0 Å². The summed E-state index contributed by atoms with van der Waals surface area (Å²) in [6, 6.07) is 2.00. The Labute approximate surface area is 87.8 Å². The van der Waals surface area contributed by atoms with Crippen molar-refractivity contribution >= 4 is 27.4 Å². The van der Waals surface area contributed by atoms with Gasteiger partial charge in [0.15, 0.2) is 0 Å². The van der Waals surface area contributed by atoms with Crippen LogP contribution in [0, 0.1) is 18.6 Å². The Bertz CT molecular complexity index is 560. The minimum absolute atomic E-state index is 0.0194. The van der Waals surface area contributed by atoms with Crippen molar-refractivity contribution in [1.29, 1.82) is 0 Å². The SMILES string of the molecule is Cc1c(C(=O)O)sc2c(F)ccc(F)c12.